The van der Waals surface area contributed by atoms with Crippen LogP contribution in [0.4, 0.5) is 13.2 Å². The predicted molar refractivity (Wildman–Crippen MR) is 87.3 cm³/mol. The highest BCUT2D eigenvalue weighted by molar-refractivity contribution is 6.55. The van der Waals surface area contributed by atoms with Crippen molar-refractivity contribution in [3.8, 4) is 0 Å². The number of aryl methyl sites for hydroxylation is 1. The second-order valence-electron chi connectivity index (χ2n) is 7.03. The molecule has 1 aliphatic heterocycles. The summed E-state index contributed by atoms with van der Waals surface area (Å²) < 4.78 is 50.4. The first-order chi connectivity index (χ1) is 10.9. The number of benzene rings is 1. The topological polar surface area (TPSA) is 38.7 Å². The summed E-state index contributed by atoms with van der Waals surface area (Å²) in [6.45, 7) is 8.84. The number of halogens is 3. The molecular formula is C17H22BF3O3. The number of aliphatic hydroxyl groups is 1. The van der Waals surface area contributed by atoms with E-state index >= 15 is 0 Å². The van der Waals surface area contributed by atoms with Gasteiger partial charge in [0.05, 0.1) is 23.4 Å². The van der Waals surface area contributed by atoms with Gasteiger partial charge in [-0.25, -0.2) is 0 Å². The van der Waals surface area contributed by atoms with Crippen LogP contribution in [0.25, 0.3) is 6.08 Å². The standard InChI is InChI=1S/C17H22BF3O3/c1-11-6-7-13(17(19,20)21)8-12(11)9-14(10-22)18-23-15(2,3)16(4,5)24-18/h6-9,22H,10H2,1-5H3. The Hall–Kier alpha value is -1.31. The van der Waals surface area contributed by atoms with Gasteiger partial charge in [0.2, 0.25) is 0 Å². The van der Waals surface area contributed by atoms with Crippen molar-refractivity contribution >= 4 is 13.2 Å². The van der Waals surface area contributed by atoms with Crippen molar-refractivity contribution in [3.05, 3.63) is 40.4 Å². The minimum atomic E-state index is -4.42. The fraction of sp³-hybridized carbons (Fsp3) is 0.529. The molecule has 7 heteroatoms. The minimum Gasteiger partial charge on any atom is -0.400 e. The second-order valence-corrected chi connectivity index (χ2v) is 7.03. The van der Waals surface area contributed by atoms with E-state index in [2.05, 4.69) is 0 Å². The molecule has 0 atom stereocenters. The quantitative estimate of drug-likeness (QED) is 0.844. The Morgan fingerprint density at radius 3 is 2.17 bits per heavy atom. The number of hydrogen-bond donors (Lipinski definition) is 1. The maximum Gasteiger partial charge on any atom is 0.492 e. The van der Waals surface area contributed by atoms with E-state index < -0.39 is 30.1 Å². The highest BCUT2D eigenvalue weighted by Crippen LogP contribution is 2.39. The highest BCUT2D eigenvalue weighted by Gasteiger charge is 2.52. The lowest BCUT2D eigenvalue weighted by Gasteiger charge is -2.32. The summed E-state index contributed by atoms with van der Waals surface area (Å²) in [5.74, 6) is 0. The van der Waals surface area contributed by atoms with Crippen molar-refractivity contribution in [2.24, 2.45) is 0 Å². The lowest BCUT2D eigenvalue weighted by atomic mass is 9.77. The summed E-state index contributed by atoms with van der Waals surface area (Å²) >= 11 is 0. The molecule has 132 valence electrons. The zero-order valence-electron chi connectivity index (χ0n) is 14.5. The SMILES string of the molecule is Cc1ccc(C(F)(F)F)cc1C=C(CO)B1OC(C)(C)C(C)(C)O1. The molecule has 0 amide bonds. The van der Waals surface area contributed by atoms with Crippen LogP contribution in [0.3, 0.4) is 0 Å². The Morgan fingerprint density at radius 1 is 1.17 bits per heavy atom. The number of alkyl halides is 3. The largest absolute Gasteiger partial charge is 0.492 e. The first-order valence-corrected chi connectivity index (χ1v) is 7.72. The fourth-order valence-corrected chi connectivity index (χ4v) is 2.35. The lowest BCUT2D eigenvalue weighted by molar-refractivity contribution is -0.137. The van der Waals surface area contributed by atoms with E-state index in [9.17, 15) is 18.3 Å². The van der Waals surface area contributed by atoms with Crippen LogP contribution in [-0.4, -0.2) is 30.0 Å². The van der Waals surface area contributed by atoms with Crippen LogP contribution in [0.15, 0.2) is 23.7 Å². The zero-order valence-corrected chi connectivity index (χ0v) is 14.5. The van der Waals surface area contributed by atoms with Gasteiger partial charge in [0.15, 0.2) is 0 Å². The number of aliphatic hydroxyl groups excluding tert-OH is 1. The Labute approximate surface area is 140 Å². The molecule has 0 saturated carbocycles. The van der Waals surface area contributed by atoms with Crippen molar-refractivity contribution in [2.45, 2.75) is 52.0 Å². The molecule has 1 fully saturated rings. The van der Waals surface area contributed by atoms with E-state index in [0.29, 0.717) is 16.6 Å². The van der Waals surface area contributed by atoms with Gasteiger partial charge in [0, 0.05) is 0 Å². The van der Waals surface area contributed by atoms with Gasteiger partial charge in [-0.1, -0.05) is 12.1 Å². The van der Waals surface area contributed by atoms with Gasteiger partial charge in [-0.3, -0.25) is 0 Å². The van der Waals surface area contributed by atoms with Crippen LogP contribution in [0.2, 0.25) is 0 Å². The number of hydrogen-bond acceptors (Lipinski definition) is 3. The van der Waals surface area contributed by atoms with Crippen molar-refractivity contribution < 1.29 is 27.6 Å². The summed E-state index contributed by atoms with van der Waals surface area (Å²) in [6.07, 6.45) is -2.91. The smallest absolute Gasteiger partial charge is 0.400 e. The van der Waals surface area contributed by atoms with Crippen LogP contribution in [0.1, 0.15) is 44.4 Å². The van der Waals surface area contributed by atoms with E-state index in [1.807, 2.05) is 27.7 Å². The second kappa shape index (κ2) is 6.21. The minimum absolute atomic E-state index is 0.369. The summed E-state index contributed by atoms with van der Waals surface area (Å²) in [4.78, 5) is 0. The summed E-state index contributed by atoms with van der Waals surface area (Å²) in [5, 5.41) is 9.66. The van der Waals surface area contributed by atoms with Gasteiger partial charge >= 0.3 is 13.3 Å². The van der Waals surface area contributed by atoms with Gasteiger partial charge in [-0.2, -0.15) is 13.2 Å². The molecular weight excluding hydrogens is 320 g/mol. The average Bonchev–Trinajstić information content (AvgIpc) is 2.65. The fourth-order valence-electron chi connectivity index (χ4n) is 2.35. The van der Waals surface area contributed by atoms with Gasteiger partial charge in [-0.15, -0.1) is 0 Å². The molecule has 0 aliphatic carbocycles. The van der Waals surface area contributed by atoms with Crippen LogP contribution in [-0.2, 0) is 15.5 Å². The Morgan fingerprint density at radius 2 is 1.71 bits per heavy atom. The van der Waals surface area contributed by atoms with Gasteiger partial charge in [-0.05, 0) is 63.4 Å². The van der Waals surface area contributed by atoms with Gasteiger partial charge in [0.25, 0.3) is 0 Å². The third kappa shape index (κ3) is 3.68. The van der Waals surface area contributed by atoms with E-state index in [0.717, 1.165) is 12.1 Å². The zero-order chi connectivity index (χ0) is 18.3. The molecule has 0 unspecified atom stereocenters. The Kier molecular flexibility index (Phi) is 4.92. The monoisotopic (exact) mass is 342 g/mol. The first-order valence-electron chi connectivity index (χ1n) is 7.72. The van der Waals surface area contributed by atoms with E-state index in [4.69, 9.17) is 9.31 Å². The third-order valence-electron chi connectivity index (χ3n) is 4.69. The maximum atomic E-state index is 12.9. The maximum absolute atomic E-state index is 12.9. The van der Waals surface area contributed by atoms with E-state index in [1.165, 1.54) is 12.1 Å². The van der Waals surface area contributed by atoms with E-state index in [-0.39, 0.29) is 6.61 Å². The molecule has 24 heavy (non-hydrogen) atoms. The van der Waals surface area contributed by atoms with Crippen LogP contribution >= 0.6 is 0 Å². The third-order valence-corrected chi connectivity index (χ3v) is 4.69. The summed E-state index contributed by atoms with van der Waals surface area (Å²) in [6, 6.07) is 3.52. The molecule has 0 radical (unpaired) electrons. The molecule has 2 rings (SSSR count). The number of rotatable bonds is 3. The normalized spacial score (nSPS) is 20.5. The lowest BCUT2D eigenvalue weighted by Crippen LogP contribution is -2.41. The molecule has 0 bridgehead atoms. The molecule has 1 aromatic rings. The van der Waals surface area contributed by atoms with Crippen molar-refractivity contribution in [3.63, 3.8) is 0 Å². The molecule has 1 N–H and O–H groups in total. The predicted octanol–water partition coefficient (Wildman–Crippen LogP) is 4.02. The van der Waals surface area contributed by atoms with E-state index in [1.54, 1.807) is 6.92 Å². The molecule has 0 spiro atoms. The Balaban J connectivity index is 2.39. The average molecular weight is 342 g/mol. The first kappa shape index (κ1) is 19.0. The molecule has 0 aromatic heterocycles. The van der Waals surface area contributed by atoms with Crippen LogP contribution in [0, 0.1) is 6.92 Å². The van der Waals surface area contributed by atoms with Gasteiger partial charge in [0.1, 0.15) is 0 Å². The molecule has 3 nitrogen and oxygen atoms in total. The Bertz CT molecular complexity index is 635. The summed E-state index contributed by atoms with van der Waals surface area (Å²) in [7, 11) is -0.797. The molecule has 1 heterocycles. The van der Waals surface area contributed by atoms with Crippen molar-refractivity contribution in [1.29, 1.82) is 0 Å². The van der Waals surface area contributed by atoms with Crippen molar-refractivity contribution in [1.82, 2.24) is 0 Å². The van der Waals surface area contributed by atoms with Crippen LogP contribution < -0.4 is 0 Å². The van der Waals surface area contributed by atoms with Gasteiger partial charge < -0.3 is 14.4 Å². The molecule has 1 saturated heterocycles. The van der Waals surface area contributed by atoms with Crippen LogP contribution in [0.5, 0.6) is 0 Å². The molecule has 1 aromatic carbocycles. The molecule has 1 aliphatic rings. The highest BCUT2D eigenvalue weighted by atomic mass is 19.4. The summed E-state index contributed by atoms with van der Waals surface area (Å²) in [5.41, 5.74) is -0.473. The van der Waals surface area contributed by atoms with Crippen molar-refractivity contribution in [2.75, 3.05) is 6.61 Å².